The second-order valence-electron chi connectivity index (χ2n) is 17.0. The Labute approximate surface area is 409 Å². The number of carbonyl (C=O) groups excluding carboxylic acids is 4. The lowest BCUT2D eigenvalue weighted by Gasteiger charge is -2.29. The largest absolute Gasteiger partial charge is 0.484 e. The first-order valence-electron chi connectivity index (χ1n) is 21.8. The number of carbonyl (C=O) groups is 4. The van der Waals surface area contributed by atoms with Crippen LogP contribution in [0.5, 0.6) is 17.2 Å². The van der Waals surface area contributed by atoms with E-state index in [0.717, 1.165) is 49.9 Å². The maximum Gasteiger partial charge on any atom is 0.417 e. The van der Waals surface area contributed by atoms with E-state index < -0.39 is 71.8 Å². The Hall–Kier alpha value is -7.66. The molecule has 6 aromatic rings. The number of thiocarbonyl (C=S) groups is 1. The van der Waals surface area contributed by atoms with Gasteiger partial charge in [0.1, 0.15) is 28.8 Å². The monoisotopic (exact) mass is 987 g/mol. The van der Waals surface area contributed by atoms with E-state index >= 15 is 0 Å². The molecule has 358 valence electrons. The lowest BCUT2D eigenvalue weighted by molar-refractivity contribution is -0.139. The number of aryl methyl sites for hydroxylation is 1. The van der Waals surface area contributed by atoms with Crippen molar-refractivity contribution in [1.82, 2.24) is 20.5 Å². The van der Waals surface area contributed by atoms with Crippen LogP contribution in [0.25, 0.3) is 21.6 Å². The van der Waals surface area contributed by atoms with Crippen molar-refractivity contribution in [3.05, 3.63) is 143 Å². The highest BCUT2D eigenvalue weighted by Crippen LogP contribution is 2.40. The number of β-amino-alcohol motifs (C(OH)–C–C–N with tert-alkyl or cyclic N) is 1. The van der Waals surface area contributed by atoms with Crippen molar-refractivity contribution in [3.8, 4) is 44.9 Å². The molecule has 0 aliphatic carbocycles. The van der Waals surface area contributed by atoms with Crippen molar-refractivity contribution in [2.45, 2.75) is 57.6 Å². The third kappa shape index (κ3) is 10.5. The van der Waals surface area contributed by atoms with Crippen LogP contribution in [0, 0.1) is 18.3 Å². The van der Waals surface area contributed by atoms with Crippen LogP contribution >= 0.6 is 23.6 Å². The number of halogens is 3. The number of rotatable bonds is 14. The third-order valence-electron chi connectivity index (χ3n) is 11.8. The normalized spacial score (nSPS) is 16.5. The Balaban J connectivity index is 0.811. The van der Waals surface area contributed by atoms with E-state index in [0.29, 0.717) is 22.9 Å². The summed E-state index contributed by atoms with van der Waals surface area (Å²) >= 11 is 7.23. The average molecular weight is 988 g/mol. The van der Waals surface area contributed by atoms with E-state index in [1.165, 1.54) is 11.0 Å². The number of hydrogen-bond donors (Lipinski definition) is 3. The van der Waals surface area contributed by atoms with Gasteiger partial charge >= 0.3 is 6.18 Å². The number of likely N-dealkylation sites (tertiary alicyclic amines) is 1. The molecule has 2 fully saturated rings. The molecular formula is C51H44F3N7O7S2. The Morgan fingerprint density at radius 3 is 2.26 bits per heavy atom. The SMILES string of the molecule is Cc1ncsc1-c1ccc(CNC(=O)[C@@H]2C[C@@H](O)CN2C(=O)CNC(=O)COc2ccc(Oc3cccc(-c4ccc(N5C(=S)N(c6ccc(C#N)c(C(F)(F)F)c6)C(=O)C5(C)C)cc4)c3)cc2)cc1. The van der Waals surface area contributed by atoms with E-state index in [2.05, 4.69) is 15.6 Å². The highest BCUT2D eigenvalue weighted by molar-refractivity contribution is 7.81. The molecule has 1 aromatic heterocycles. The smallest absolute Gasteiger partial charge is 0.417 e. The lowest BCUT2D eigenvalue weighted by atomic mass is 10.0. The molecule has 8 rings (SSSR count). The average Bonchev–Trinajstić information content (AvgIpc) is 4.01. The van der Waals surface area contributed by atoms with Crippen molar-refractivity contribution >= 4 is 63.7 Å². The molecule has 0 spiro atoms. The highest BCUT2D eigenvalue weighted by atomic mass is 32.1. The zero-order chi connectivity index (χ0) is 49.9. The van der Waals surface area contributed by atoms with Crippen LogP contribution < -0.4 is 29.9 Å². The first-order valence-corrected chi connectivity index (χ1v) is 23.1. The number of aliphatic hydroxyl groups is 1. The summed E-state index contributed by atoms with van der Waals surface area (Å²) in [5.41, 5.74) is 3.68. The summed E-state index contributed by atoms with van der Waals surface area (Å²) in [6.45, 7) is 4.61. The molecule has 0 radical (unpaired) electrons. The van der Waals surface area contributed by atoms with E-state index in [4.69, 9.17) is 21.7 Å². The fourth-order valence-electron chi connectivity index (χ4n) is 8.22. The van der Waals surface area contributed by atoms with Crippen molar-refractivity contribution in [2.75, 3.05) is 29.5 Å². The van der Waals surface area contributed by atoms with E-state index in [-0.39, 0.29) is 30.3 Å². The number of aromatic nitrogens is 1. The number of benzene rings is 5. The van der Waals surface area contributed by atoms with Gasteiger partial charge in [-0.25, -0.2) is 4.98 Å². The predicted molar refractivity (Wildman–Crippen MR) is 260 cm³/mol. The minimum Gasteiger partial charge on any atom is -0.484 e. The van der Waals surface area contributed by atoms with Crippen LogP contribution in [-0.4, -0.2) is 81.1 Å². The number of amides is 4. The number of anilines is 2. The summed E-state index contributed by atoms with van der Waals surface area (Å²) < 4.78 is 53.1. The molecule has 2 aliphatic rings. The number of alkyl halides is 3. The minimum absolute atomic E-state index is 0.0165. The molecule has 0 unspecified atom stereocenters. The summed E-state index contributed by atoms with van der Waals surface area (Å²) in [4.78, 5) is 61.9. The lowest BCUT2D eigenvalue weighted by Crippen LogP contribution is -2.49. The van der Waals surface area contributed by atoms with Gasteiger partial charge in [0, 0.05) is 25.2 Å². The fraction of sp³-hybridized carbons (Fsp3) is 0.235. The van der Waals surface area contributed by atoms with Gasteiger partial charge in [0.2, 0.25) is 11.8 Å². The molecule has 2 saturated heterocycles. The van der Waals surface area contributed by atoms with Gasteiger partial charge in [-0.05, 0) is 122 Å². The number of thiazole rings is 1. The van der Waals surface area contributed by atoms with Gasteiger partial charge in [-0.1, -0.05) is 48.5 Å². The number of hydrogen-bond acceptors (Lipinski definition) is 11. The molecule has 5 aromatic carbocycles. The Bertz CT molecular complexity index is 3010. The maximum atomic E-state index is 13.8. The van der Waals surface area contributed by atoms with Gasteiger partial charge in [0.05, 0.1) is 51.6 Å². The van der Waals surface area contributed by atoms with Gasteiger partial charge in [-0.3, -0.25) is 24.1 Å². The number of aliphatic hydroxyl groups excluding tert-OH is 1. The minimum atomic E-state index is -4.82. The van der Waals surface area contributed by atoms with Crippen molar-refractivity contribution in [3.63, 3.8) is 0 Å². The van der Waals surface area contributed by atoms with Gasteiger partial charge < -0.3 is 35.0 Å². The predicted octanol–water partition coefficient (Wildman–Crippen LogP) is 8.16. The molecule has 2 aliphatic heterocycles. The number of nitriles is 1. The van der Waals surface area contributed by atoms with Gasteiger partial charge in [-0.15, -0.1) is 11.3 Å². The summed E-state index contributed by atoms with van der Waals surface area (Å²) in [5, 5.41) is 24.9. The standard InChI is InChI=1S/C51H44F3N7O7S2/c1-30-46(70-29-58-30)33-9-7-31(8-10-33)25-57-47(65)43-23-38(62)27-59(43)45(64)26-56-44(63)28-67-39-17-19-40(20-18-39)68-41-6-4-5-34(21-41)32-11-14-36(15-12-32)61-49(69)60(48(66)50(61,2)3)37-16-13-35(24-55)42(22-37)51(52,53)54/h4-22,29,38,43,62H,23,25-28H2,1-3H3,(H,56,63)(H,57,65)/t38-,43+/m1/s1. The second-order valence-corrected chi connectivity index (χ2v) is 18.2. The van der Waals surface area contributed by atoms with Crippen LogP contribution in [0.1, 0.15) is 42.7 Å². The molecule has 3 N–H and O–H groups in total. The summed E-state index contributed by atoms with van der Waals surface area (Å²) in [7, 11) is 0. The third-order valence-corrected chi connectivity index (χ3v) is 13.2. The number of ether oxygens (including phenoxy) is 2. The molecule has 0 bridgehead atoms. The first kappa shape index (κ1) is 48.8. The highest BCUT2D eigenvalue weighted by Gasteiger charge is 2.51. The molecule has 3 heterocycles. The van der Waals surface area contributed by atoms with Gasteiger partial charge in [0.25, 0.3) is 11.8 Å². The number of nitrogens with zero attached hydrogens (tertiary/aromatic N) is 5. The zero-order valence-electron chi connectivity index (χ0n) is 37.8. The summed E-state index contributed by atoms with van der Waals surface area (Å²) in [5.74, 6) is -0.666. The molecular weight excluding hydrogens is 944 g/mol. The Morgan fingerprint density at radius 1 is 0.900 bits per heavy atom. The zero-order valence-corrected chi connectivity index (χ0v) is 39.5. The quantitative estimate of drug-likeness (QED) is 0.0898. The van der Waals surface area contributed by atoms with Crippen LogP contribution in [-0.2, 0) is 31.9 Å². The molecule has 4 amide bonds. The first-order chi connectivity index (χ1) is 33.4. The molecule has 2 atom stereocenters. The van der Waals surface area contributed by atoms with Gasteiger partial charge in [0.15, 0.2) is 11.7 Å². The summed E-state index contributed by atoms with van der Waals surface area (Å²) in [6, 6.07) is 32.5. The molecule has 70 heavy (non-hydrogen) atoms. The molecule has 14 nitrogen and oxygen atoms in total. The van der Waals surface area contributed by atoms with Crippen molar-refractivity contribution in [1.29, 1.82) is 5.26 Å². The van der Waals surface area contributed by atoms with E-state index in [1.54, 1.807) is 84.1 Å². The molecule has 0 saturated carbocycles. The van der Waals surface area contributed by atoms with Crippen molar-refractivity contribution in [2.24, 2.45) is 0 Å². The van der Waals surface area contributed by atoms with E-state index in [1.807, 2.05) is 61.5 Å². The maximum absolute atomic E-state index is 13.8. The Morgan fingerprint density at radius 2 is 1.59 bits per heavy atom. The number of nitrogens with one attached hydrogen (secondary N) is 2. The van der Waals surface area contributed by atoms with Crippen LogP contribution in [0.4, 0.5) is 24.5 Å². The summed E-state index contributed by atoms with van der Waals surface area (Å²) in [6.07, 6.45) is -5.63. The fourth-order valence-corrected chi connectivity index (χ4v) is 9.55. The molecule has 19 heteroatoms. The van der Waals surface area contributed by atoms with Crippen LogP contribution in [0.15, 0.2) is 121 Å². The van der Waals surface area contributed by atoms with Gasteiger partial charge in [-0.2, -0.15) is 18.4 Å². The van der Waals surface area contributed by atoms with Crippen LogP contribution in [0.3, 0.4) is 0 Å². The van der Waals surface area contributed by atoms with Crippen molar-refractivity contribution < 1.29 is 46.9 Å². The second kappa shape index (κ2) is 20.1. The van der Waals surface area contributed by atoms with Crippen LogP contribution in [0.2, 0.25) is 0 Å². The van der Waals surface area contributed by atoms with E-state index in [9.17, 15) is 42.7 Å². The Kier molecular flexibility index (Phi) is 14.0. The topological polar surface area (TPSA) is 177 Å².